The van der Waals surface area contributed by atoms with Crippen molar-refractivity contribution in [1.29, 1.82) is 0 Å². The molecule has 2 fully saturated rings. The van der Waals surface area contributed by atoms with Gasteiger partial charge >= 0.3 is 5.97 Å². The summed E-state index contributed by atoms with van der Waals surface area (Å²) in [5.41, 5.74) is -0.888. The maximum absolute atomic E-state index is 12.8. The first kappa shape index (κ1) is 21.1. The lowest BCUT2D eigenvalue weighted by Crippen LogP contribution is -2.58. The minimum absolute atomic E-state index is 0.00761. The maximum atomic E-state index is 12.8. The zero-order valence-corrected chi connectivity index (χ0v) is 17.0. The molecular weight excluding hydrogens is 372 g/mol. The third-order valence-corrected chi connectivity index (χ3v) is 5.97. The van der Waals surface area contributed by atoms with Crippen molar-refractivity contribution in [2.24, 2.45) is 5.92 Å². The third-order valence-electron chi connectivity index (χ3n) is 5.97. The number of para-hydroxylation sites is 1. The van der Waals surface area contributed by atoms with Crippen molar-refractivity contribution in [3.63, 3.8) is 0 Å². The molecule has 1 saturated heterocycles. The lowest BCUT2D eigenvalue weighted by Gasteiger charge is -2.38. The second-order valence-corrected chi connectivity index (χ2v) is 7.88. The summed E-state index contributed by atoms with van der Waals surface area (Å²) in [5, 5.41) is 3.00. The van der Waals surface area contributed by atoms with Gasteiger partial charge in [0.15, 0.2) is 6.61 Å². The maximum Gasteiger partial charge on any atom is 0.331 e. The fraction of sp³-hybridized carbons (Fsp3) is 0.591. The number of ether oxygens (including phenoxy) is 2. The van der Waals surface area contributed by atoms with E-state index in [9.17, 15) is 14.4 Å². The fourth-order valence-corrected chi connectivity index (χ4v) is 4.21. The number of esters is 1. The Bertz CT molecular complexity index is 707. The van der Waals surface area contributed by atoms with Crippen LogP contribution in [0, 0.1) is 5.92 Å². The van der Waals surface area contributed by atoms with E-state index in [0.717, 1.165) is 19.3 Å². The molecule has 0 spiro atoms. The minimum atomic E-state index is -0.888. The lowest BCUT2D eigenvalue weighted by molar-refractivity contribution is -0.153. The van der Waals surface area contributed by atoms with Gasteiger partial charge in [-0.3, -0.25) is 9.59 Å². The molecule has 7 nitrogen and oxygen atoms in total. The van der Waals surface area contributed by atoms with E-state index in [2.05, 4.69) is 5.32 Å². The van der Waals surface area contributed by atoms with Crippen LogP contribution < -0.4 is 10.1 Å². The van der Waals surface area contributed by atoms with Crippen LogP contribution in [0.3, 0.4) is 0 Å². The zero-order valence-electron chi connectivity index (χ0n) is 17.0. The van der Waals surface area contributed by atoms with Gasteiger partial charge in [0.25, 0.3) is 5.91 Å². The number of carbonyl (C=O) groups excluding carboxylic acids is 3. The van der Waals surface area contributed by atoms with Crippen molar-refractivity contribution in [3.8, 4) is 5.75 Å². The highest BCUT2D eigenvalue weighted by molar-refractivity contribution is 5.89. The van der Waals surface area contributed by atoms with Crippen LogP contribution in [0.25, 0.3) is 0 Å². The predicted molar refractivity (Wildman–Crippen MR) is 107 cm³/mol. The third kappa shape index (κ3) is 5.28. The topological polar surface area (TPSA) is 84.9 Å². The Morgan fingerprint density at radius 2 is 1.72 bits per heavy atom. The molecule has 1 N–H and O–H groups in total. The molecule has 7 heteroatoms. The summed E-state index contributed by atoms with van der Waals surface area (Å²) < 4.78 is 10.5. The quantitative estimate of drug-likeness (QED) is 0.738. The average Bonchev–Trinajstić information content (AvgIpc) is 2.78. The molecule has 1 aromatic carbocycles. The first-order valence-corrected chi connectivity index (χ1v) is 10.4. The molecule has 2 aliphatic rings. The molecule has 2 amide bonds. The normalized spacial score (nSPS) is 19.3. The SMILES string of the molecule is COC(=O)C1(NC(=O)C2CCN(C(=O)COc3ccccc3)CC2)CCCCC1. The number of rotatable bonds is 6. The number of carbonyl (C=O) groups is 3. The number of nitrogens with zero attached hydrogens (tertiary/aromatic N) is 1. The van der Waals surface area contributed by atoms with E-state index in [1.165, 1.54) is 7.11 Å². The summed E-state index contributed by atoms with van der Waals surface area (Å²) in [6.45, 7) is 1.02. The van der Waals surface area contributed by atoms with Crippen molar-refractivity contribution in [2.45, 2.75) is 50.5 Å². The number of hydrogen-bond donors (Lipinski definition) is 1. The van der Waals surface area contributed by atoms with Gasteiger partial charge in [0.1, 0.15) is 11.3 Å². The van der Waals surface area contributed by atoms with Crippen LogP contribution in [0.4, 0.5) is 0 Å². The van der Waals surface area contributed by atoms with Crippen LogP contribution in [0.5, 0.6) is 5.75 Å². The van der Waals surface area contributed by atoms with Gasteiger partial charge in [0.2, 0.25) is 5.91 Å². The summed E-state index contributed by atoms with van der Waals surface area (Å²) in [7, 11) is 1.37. The predicted octanol–water partition coefficient (Wildman–Crippen LogP) is 2.30. The molecule has 1 saturated carbocycles. The number of piperidine rings is 1. The van der Waals surface area contributed by atoms with Gasteiger partial charge < -0.3 is 19.7 Å². The van der Waals surface area contributed by atoms with Crippen molar-refractivity contribution in [3.05, 3.63) is 30.3 Å². The smallest absolute Gasteiger partial charge is 0.331 e. The van der Waals surface area contributed by atoms with Crippen molar-refractivity contribution in [1.82, 2.24) is 10.2 Å². The molecule has 3 rings (SSSR count). The second kappa shape index (κ2) is 9.76. The molecule has 29 heavy (non-hydrogen) atoms. The molecule has 1 aliphatic carbocycles. The van der Waals surface area contributed by atoms with Crippen LogP contribution in [-0.4, -0.2) is 55.0 Å². The molecule has 0 atom stereocenters. The molecule has 0 radical (unpaired) electrons. The van der Waals surface area contributed by atoms with Gasteiger partial charge in [0, 0.05) is 19.0 Å². The van der Waals surface area contributed by atoms with E-state index < -0.39 is 5.54 Å². The molecule has 0 bridgehead atoms. The number of hydrogen-bond acceptors (Lipinski definition) is 5. The van der Waals surface area contributed by atoms with E-state index in [-0.39, 0.29) is 30.3 Å². The van der Waals surface area contributed by atoms with Crippen LogP contribution >= 0.6 is 0 Å². The Morgan fingerprint density at radius 3 is 2.34 bits per heavy atom. The molecule has 0 aromatic heterocycles. The van der Waals surface area contributed by atoms with Crippen molar-refractivity contribution >= 4 is 17.8 Å². The first-order chi connectivity index (χ1) is 14.0. The van der Waals surface area contributed by atoms with E-state index >= 15 is 0 Å². The molecule has 1 aromatic rings. The van der Waals surface area contributed by atoms with E-state index in [1.807, 2.05) is 30.3 Å². The van der Waals surface area contributed by atoms with Crippen molar-refractivity contribution < 1.29 is 23.9 Å². The Hall–Kier alpha value is -2.57. The van der Waals surface area contributed by atoms with Gasteiger partial charge in [-0.2, -0.15) is 0 Å². The minimum Gasteiger partial charge on any atom is -0.484 e. The van der Waals surface area contributed by atoms with Gasteiger partial charge in [0.05, 0.1) is 7.11 Å². The monoisotopic (exact) mass is 402 g/mol. The average molecular weight is 402 g/mol. The molecular formula is C22H30N2O5. The van der Waals surface area contributed by atoms with Crippen LogP contribution in [0.2, 0.25) is 0 Å². The van der Waals surface area contributed by atoms with Gasteiger partial charge in [-0.1, -0.05) is 37.5 Å². The van der Waals surface area contributed by atoms with Crippen LogP contribution in [0.1, 0.15) is 44.9 Å². The number of nitrogens with one attached hydrogen (secondary N) is 1. The van der Waals surface area contributed by atoms with Crippen LogP contribution in [-0.2, 0) is 19.1 Å². The summed E-state index contributed by atoms with van der Waals surface area (Å²) in [6.07, 6.45) is 5.30. The summed E-state index contributed by atoms with van der Waals surface area (Å²) >= 11 is 0. The molecule has 158 valence electrons. The largest absolute Gasteiger partial charge is 0.484 e. The van der Waals surface area contributed by atoms with E-state index in [4.69, 9.17) is 9.47 Å². The highest BCUT2D eigenvalue weighted by atomic mass is 16.5. The second-order valence-electron chi connectivity index (χ2n) is 7.88. The fourth-order valence-electron chi connectivity index (χ4n) is 4.21. The van der Waals surface area contributed by atoms with Crippen LogP contribution in [0.15, 0.2) is 30.3 Å². The van der Waals surface area contributed by atoms with Gasteiger partial charge in [-0.15, -0.1) is 0 Å². The highest BCUT2D eigenvalue weighted by Crippen LogP contribution is 2.30. The Morgan fingerprint density at radius 1 is 1.07 bits per heavy atom. The Kier molecular flexibility index (Phi) is 7.12. The molecule has 1 heterocycles. The summed E-state index contributed by atoms with van der Waals surface area (Å²) in [5.74, 6) is -0.0690. The summed E-state index contributed by atoms with van der Waals surface area (Å²) in [6, 6.07) is 9.23. The van der Waals surface area contributed by atoms with Crippen molar-refractivity contribution in [2.75, 3.05) is 26.8 Å². The Labute approximate surface area is 171 Å². The first-order valence-electron chi connectivity index (χ1n) is 10.4. The number of methoxy groups -OCH3 is 1. The van der Waals surface area contributed by atoms with Gasteiger partial charge in [-0.25, -0.2) is 4.79 Å². The lowest BCUT2D eigenvalue weighted by atomic mass is 9.81. The summed E-state index contributed by atoms with van der Waals surface area (Å²) in [4.78, 5) is 39.3. The number of amides is 2. The Balaban J connectivity index is 1.48. The standard InChI is InChI=1S/C22H30N2O5/c1-28-21(27)22(12-6-3-7-13-22)23-20(26)17-10-14-24(15-11-17)19(25)16-29-18-8-4-2-5-9-18/h2,4-5,8-9,17H,3,6-7,10-16H2,1H3,(H,23,26). The molecule has 0 unspecified atom stereocenters. The van der Waals surface area contributed by atoms with Gasteiger partial charge in [-0.05, 0) is 37.8 Å². The van der Waals surface area contributed by atoms with E-state index in [1.54, 1.807) is 4.90 Å². The van der Waals surface area contributed by atoms with E-state index in [0.29, 0.717) is 44.5 Å². The highest BCUT2D eigenvalue weighted by Gasteiger charge is 2.43. The zero-order chi connectivity index (χ0) is 20.7. The number of likely N-dealkylation sites (tertiary alicyclic amines) is 1. The molecule has 1 aliphatic heterocycles. The number of benzene rings is 1.